The van der Waals surface area contributed by atoms with E-state index in [0.29, 0.717) is 5.15 Å². The second-order valence-corrected chi connectivity index (χ2v) is 7.50. The van der Waals surface area contributed by atoms with Gasteiger partial charge in [-0.1, -0.05) is 23.4 Å². The summed E-state index contributed by atoms with van der Waals surface area (Å²) in [6.45, 7) is 3.78. The average Bonchev–Trinajstić information content (AvgIpc) is 2.82. The van der Waals surface area contributed by atoms with Gasteiger partial charge in [0.05, 0.1) is 5.52 Å². The van der Waals surface area contributed by atoms with Crippen molar-refractivity contribution in [3.8, 4) is 0 Å². The Kier molecular flexibility index (Phi) is 4.78. The summed E-state index contributed by atoms with van der Waals surface area (Å²) in [5.74, 6) is -0.225. The van der Waals surface area contributed by atoms with Crippen molar-refractivity contribution in [3.05, 3.63) is 40.4 Å². The summed E-state index contributed by atoms with van der Waals surface area (Å²) in [6.07, 6.45) is -2.96. The van der Waals surface area contributed by atoms with Gasteiger partial charge in [-0.25, -0.2) is 15.0 Å². The third-order valence-electron chi connectivity index (χ3n) is 4.03. The van der Waals surface area contributed by atoms with Gasteiger partial charge in [0.25, 0.3) is 0 Å². The number of halogens is 4. The zero-order valence-corrected chi connectivity index (χ0v) is 15.7. The Labute approximate surface area is 156 Å². The van der Waals surface area contributed by atoms with E-state index >= 15 is 0 Å². The van der Waals surface area contributed by atoms with E-state index < -0.39 is 11.9 Å². The molecule has 0 fully saturated rings. The minimum atomic E-state index is -4.58. The Morgan fingerprint density at radius 1 is 1.27 bits per heavy atom. The van der Waals surface area contributed by atoms with Gasteiger partial charge in [-0.05, 0) is 25.5 Å². The molecule has 2 N–H and O–H groups in total. The zero-order valence-electron chi connectivity index (χ0n) is 14.1. The van der Waals surface area contributed by atoms with E-state index in [1.165, 1.54) is 0 Å². The van der Waals surface area contributed by atoms with Gasteiger partial charge in [0.15, 0.2) is 16.0 Å². The molecular formula is C16H15ClF3N5S. The number of hydrogen-bond acceptors (Lipinski definition) is 5. The van der Waals surface area contributed by atoms with E-state index in [1.807, 2.05) is 31.5 Å². The largest absolute Gasteiger partial charge is 0.433 e. The van der Waals surface area contributed by atoms with Crippen molar-refractivity contribution in [2.24, 2.45) is 7.05 Å². The highest BCUT2D eigenvalue weighted by molar-refractivity contribution is 7.99. The number of alkyl halides is 3. The molecule has 3 aromatic rings. The molecule has 0 aromatic carbocycles. The fraction of sp³-hybridized carbons (Fsp3) is 0.312. The molecule has 0 radical (unpaired) electrons. The summed E-state index contributed by atoms with van der Waals surface area (Å²) in [5.41, 5.74) is 7.05. The third kappa shape index (κ3) is 3.45. The number of hydrogen-bond donors (Lipinski definition) is 1. The van der Waals surface area contributed by atoms with Crippen LogP contribution in [0.4, 0.5) is 19.0 Å². The molecule has 138 valence electrons. The molecule has 10 heteroatoms. The predicted octanol–water partition coefficient (Wildman–Crippen LogP) is 4.78. The van der Waals surface area contributed by atoms with E-state index in [1.54, 1.807) is 6.20 Å². The Morgan fingerprint density at radius 2 is 1.96 bits per heavy atom. The van der Waals surface area contributed by atoms with Gasteiger partial charge < -0.3 is 10.3 Å². The minimum Gasteiger partial charge on any atom is -0.384 e. The Morgan fingerprint density at radius 3 is 2.62 bits per heavy atom. The van der Waals surface area contributed by atoms with Crippen LogP contribution in [0.15, 0.2) is 23.5 Å². The molecule has 0 bridgehead atoms. The molecule has 3 rings (SSSR count). The van der Waals surface area contributed by atoms with Gasteiger partial charge in [0.2, 0.25) is 0 Å². The van der Waals surface area contributed by atoms with Crippen LogP contribution in [-0.4, -0.2) is 19.5 Å². The monoisotopic (exact) mass is 401 g/mol. The lowest BCUT2D eigenvalue weighted by Gasteiger charge is -2.14. The van der Waals surface area contributed by atoms with Crippen molar-refractivity contribution in [2.75, 3.05) is 5.73 Å². The van der Waals surface area contributed by atoms with Crippen LogP contribution in [0.1, 0.15) is 29.1 Å². The first-order chi connectivity index (χ1) is 12.1. The van der Waals surface area contributed by atoms with E-state index in [9.17, 15) is 13.2 Å². The lowest BCUT2D eigenvalue weighted by molar-refractivity contribution is -0.141. The maximum absolute atomic E-state index is 12.9. The van der Waals surface area contributed by atoms with Crippen LogP contribution in [0.25, 0.3) is 10.9 Å². The minimum absolute atomic E-state index is 0.0411. The van der Waals surface area contributed by atoms with Gasteiger partial charge in [-0.3, -0.25) is 0 Å². The molecule has 0 aliphatic heterocycles. The SMILES string of the molecule is Cc1cc2c(C(C)Sc3nc(N)cc(C(F)(F)F)n3)cnc(Cl)c2n1C. The van der Waals surface area contributed by atoms with Gasteiger partial charge in [-0.15, -0.1) is 0 Å². The van der Waals surface area contributed by atoms with Gasteiger partial charge in [0.1, 0.15) is 5.82 Å². The lowest BCUT2D eigenvalue weighted by atomic mass is 10.1. The molecule has 0 aliphatic rings. The molecule has 0 amide bonds. The standard InChI is InChI=1S/C16H15ClF3N5S/c1-7-4-9-10(6-22-14(17)13(9)25(7)3)8(2)26-15-23-11(16(18,19)20)5-12(21)24-15/h4-6,8H,1-3H3,(H2,21,23,24). The first-order valence-electron chi connectivity index (χ1n) is 7.56. The second-order valence-electron chi connectivity index (χ2n) is 5.83. The van der Waals surface area contributed by atoms with Crippen LogP contribution in [0.3, 0.4) is 0 Å². The van der Waals surface area contributed by atoms with Crippen LogP contribution in [0.2, 0.25) is 5.15 Å². The summed E-state index contributed by atoms with van der Waals surface area (Å²) >= 11 is 7.28. The number of anilines is 1. The summed E-state index contributed by atoms with van der Waals surface area (Å²) in [5, 5.41) is 0.966. The topological polar surface area (TPSA) is 69.6 Å². The van der Waals surface area contributed by atoms with E-state index in [2.05, 4.69) is 15.0 Å². The van der Waals surface area contributed by atoms with E-state index in [4.69, 9.17) is 17.3 Å². The molecule has 0 spiro atoms. The number of nitrogen functional groups attached to an aromatic ring is 1. The number of rotatable bonds is 3. The van der Waals surface area contributed by atoms with E-state index in [-0.39, 0.29) is 16.2 Å². The Hall–Kier alpha value is -2.00. The first kappa shape index (κ1) is 18.8. The van der Waals surface area contributed by atoms with Crippen LogP contribution in [0.5, 0.6) is 0 Å². The third-order valence-corrected chi connectivity index (χ3v) is 5.31. The summed E-state index contributed by atoms with van der Waals surface area (Å²) < 4.78 is 40.7. The second kappa shape index (κ2) is 6.62. The number of fused-ring (bicyclic) bond motifs is 1. The van der Waals surface area contributed by atoms with Crippen LogP contribution in [0, 0.1) is 6.92 Å². The van der Waals surface area contributed by atoms with Crippen LogP contribution >= 0.6 is 23.4 Å². The number of nitrogens with zero attached hydrogens (tertiary/aromatic N) is 4. The zero-order chi connectivity index (χ0) is 19.2. The highest BCUT2D eigenvalue weighted by atomic mass is 35.5. The molecule has 1 unspecified atom stereocenters. The van der Waals surface area contributed by atoms with Gasteiger partial charge in [0, 0.05) is 35.6 Å². The predicted molar refractivity (Wildman–Crippen MR) is 96.2 cm³/mol. The van der Waals surface area contributed by atoms with Crippen LogP contribution < -0.4 is 5.73 Å². The smallest absolute Gasteiger partial charge is 0.384 e. The quantitative estimate of drug-likeness (QED) is 0.388. The highest BCUT2D eigenvalue weighted by Crippen LogP contribution is 2.39. The van der Waals surface area contributed by atoms with Crippen molar-refractivity contribution in [1.82, 2.24) is 19.5 Å². The summed E-state index contributed by atoms with van der Waals surface area (Å²) in [7, 11) is 1.88. The Balaban J connectivity index is 2.01. The fourth-order valence-corrected chi connectivity index (χ4v) is 3.86. The molecule has 0 saturated carbocycles. The average molecular weight is 402 g/mol. The summed E-state index contributed by atoms with van der Waals surface area (Å²) in [6, 6.07) is 2.69. The van der Waals surface area contributed by atoms with Crippen molar-refractivity contribution in [3.63, 3.8) is 0 Å². The maximum Gasteiger partial charge on any atom is 0.433 e. The number of nitrogens with two attached hydrogens (primary N) is 1. The number of aromatic nitrogens is 4. The van der Waals surface area contributed by atoms with Crippen molar-refractivity contribution in [1.29, 1.82) is 0 Å². The Bertz CT molecular complexity index is 986. The molecular weight excluding hydrogens is 387 g/mol. The normalized spacial score (nSPS) is 13.3. The number of pyridine rings is 1. The fourth-order valence-electron chi connectivity index (χ4n) is 2.64. The van der Waals surface area contributed by atoms with Gasteiger partial charge >= 0.3 is 6.18 Å². The van der Waals surface area contributed by atoms with Crippen LogP contribution in [-0.2, 0) is 13.2 Å². The molecule has 1 atom stereocenters. The van der Waals surface area contributed by atoms with Crippen molar-refractivity contribution in [2.45, 2.75) is 30.4 Å². The van der Waals surface area contributed by atoms with Gasteiger partial charge in [-0.2, -0.15) is 13.2 Å². The van der Waals surface area contributed by atoms with E-state index in [0.717, 1.165) is 40.0 Å². The molecule has 0 saturated heterocycles. The first-order valence-corrected chi connectivity index (χ1v) is 8.82. The molecule has 26 heavy (non-hydrogen) atoms. The molecule has 0 aliphatic carbocycles. The maximum atomic E-state index is 12.9. The number of aryl methyl sites for hydroxylation is 2. The van der Waals surface area contributed by atoms with Crippen molar-refractivity contribution >= 4 is 40.1 Å². The van der Waals surface area contributed by atoms with Crippen molar-refractivity contribution < 1.29 is 13.2 Å². The number of thioether (sulfide) groups is 1. The molecule has 3 heterocycles. The molecule has 5 nitrogen and oxygen atoms in total. The highest BCUT2D eigenvalue weighted by Gasteiger charge is 2.33. The summed E-state index contributed by atoms with van der Waals surface area (Å²) in [4.78, 5) is 11.7. The lowest BCUT2D eigenvalue weighted by Crippen LogP contribution is -2.11. The molecule has 3 aromatic heterocycles.